The van der Waals surface area contributed by atoms with Crippen LogP contribution in [0, 0.1) is 19.7 Å². The lowest BCUT2D eigenvalue weighted by atomic mass is 10.2. The number of hydrogen-bond donors (Lipinski definition) is 1. The van der Waals surface area contributed by atoms with Crippen molar-refractivity contribution in [2.24, 2.45) is 0 Å². The van der Waals surface area contributed by atoms with Crippen LogP contribution in [0.2, 0.25) is 0 Å². The Morgan fingerprint density at radius 1 is 1.04 bits per heavy atom. The second-order valence-electron chi connectivity index (χ2n) is 5.65. The van der Waals surface area contributed by atoms with E-state index in [1.54, 1.807) is 4.68 Å². The second-order valence-corrected chi connectivity index (χ2v) is 7.39. The molecule has 0 aliphatic heterocycles. The molecule has 0 bridgehead atoms. The van der Waals surface area contributed by atoms with E-state index < -0.39 is 15.8 Å². The number of nitrogens with one attached hydrogen (secondary N) is 1. The first-order valence-electron chi connectivity index (χ1n) is 7.75. The van der Waals surface area contributed by atoms with Gasteiger partial charge >= 0.3 is 0 Å². The molecule has 25 heavy (non-hydrogen) atoms. The maximum atomic E-state index is 13.8. The van der Waals surface area contributed by atoms with E-state index in [1.165, 1.54) is 18.2 Å². The number of hydrogen-bond acceptors (Lipinski definition) is 3. The van der Waals surface area contributed by atoms with Crippen molar-refractivity contribution in [1.82, 2.24) is 14.5 Å². The van der Waals surface area contributed by atoms with Gasteiger partial charge in [0.15, 0.2) is 0 Å². The zero-order chi connectivity index (χ0) is 18.0. The Morgan fingerprint density at radius 3 is 2.36 bits per heavy atom. The minimum Gasteiger partial charge on any atom is -0.238 e. The minimum atomic E-state index is -3.94. The number of rotatable bonds is 5. The molecule has 3 aromatic rings. The third-order valence-corrected chi connectivity index (χ3v) is 5.44. The van der Waals surface area contributed by atoms with Crippen molar-refractivity contribution in [3.63, 3.8) is 0 Å². The van der Waals surface area contributed by atoms with Gasteiger partial charge in [0.25, 0.3) is 0 Å². The predicted octanol–water partition coefficient (Wildman–Crippen LogP) is 3.11. The molecule has 0 aliphatic carbocycles. The third-order valence-electron chi connectivity index (χ3n) is 4.01. The van der Waals surface area contributed by atoms with Gasteiger partial charge in [0.05, 0.1) is 11.4 Å². The fraction of sp³-hybridized carbons (Fsp3) is 0.167. The van der Waals surface area contributed by atoms with Crippen LogP contribution in [0.1, 0.15) is 17.0 Å². The molecule has 0 saturated carbocycles. The Morgan fingerprint density at radius 2 is 1.68 bits per heavy atom. The monoisotopic (exact) mass is 359 g/mol. The van der Waals surface area contributed by atoms with Crippen molar-refractivity contribution in [3.8, 4) is 5.69 Å². The molecule has 1 N–H and O–H groups in total. The maximum Gasteiger partial charge on any atom is 0.243 e. The standard InChI is InChI=1S/C18H18FN3O2S/c1-13-16(14(2)22(21-13)15-8-4-3-5-9-15)12-20-25(23,24)18-11-7-6-10-17(18)19/h3-11,20H,12H2,1-2H3. The SMILES string of the molecule is Cc1nn(-c2ccccc2)c(C)c1CNS(=O)(=O)c1ccccc1F. The maximum absolute atomic E-state index is 13.8. The number of sulfonamides is 1. The molecule has 0 atom stereocenters. The quantitative estimate of drug-likeness (QED) is 0.761. The summed E-state index contributed by atoms with van der Waals surface area (Å²) in [5.41, 5.74) is 3.22. The van der Waals surface area contributed by atoms with Crippen molar-refractivity contribution in [1.29, 1.82) is 0 Å². The van der Waals surface area contributed by atoms with Crippen molar-refractivity contribution >= 4 is 10.0 Å². The van der Waals surface area contributed by atoms with E-state index in [-0.39, 0.29) is 11.4 Å². The highest BCUT2D eigenvalue weighted by molar-refractivity contribution is 7.89. The van der Waals surface area contributed by atoms with Gasteiger partial charge < -0.3 is 0 Å². The first kappa shape index (κ1) is 17.3. The Hall–Kier alpha value is -2.51. The first-order valence-corrected chi connectivity index (χ1v) is 9.23. The van der Waals surface area contributed by atoms with Gasteiger partial charge in [0.2, 0.25) is 10.0 Å². The highest BCUT2D eigenvalue weighted by atomic mass is 32.2. The molecule has 3 rings (SSSR count). The van der Waals surface area contributed by atoms with Crippen LogP contribution < -0.4 is 4.72 Å². The molecular formula is C18H18FN3O2S. The topological polar surface area (TPSA) is 64.0 Å². The second kappa shape index (κ2) is 6.78. The van der Waals surface area contributed by atoms with Gasteiger partial charge in [0.1, 0.15) is 10.7 Å². The summed E-state index contributed by atoms with van der Waals surface area (Å²) in [6.07, 6.45) is 0. The minimum absolute atomic E-state index is 0.0428. The number of halogens is 1. The number of para-hydroxylation sites is 1. The third kappa shape index (κ3) is 3.47. The van der Waals surface area contributed by atoms with Gasteiger partial charge in [-0.25, -0.2) is 22.2 Å². The zero-order valence-electron chi connectivity index (χ0n) is 13.9. The Balaban J connectivity index is 1.87. The van der Waals surface area contributed by atoms with Crippen molar-refractivity contribution in [2.45, 2.75) is 25.3 Å². The summed E-state index contributed by atoms with van der Waals surface area (Å²) in [5.74, 6) is -0.775. The summed E-state index contributed by atoms with van der Waals surface area (Å²) in [6.45, 7) is 3.74. The van der Waals surface area contributed by atoms with E-state index >= 15 is 0 Å². The van der Waals surface area contributed by atoms with Gasteiger partial charge in [-0.3, -0.25) is 0 Å². The summed E-state index contributed by atoms with van der Waals surface area (Å²) in [4.78, 5) is -0.360. The van der Waals surface area contributed by atoms with Crippen LogP contribution in [0.15, 0.2) is 59.5 Å². The zero-order valence-corrected chi connectivity index (χ0v) is 14.7. The molecular weight excluding hydrogens is 341 g/mol. The lowest BCUT2D eigenvalue weighted by molar-refractivity contribution is 0.556. The summed E-state index contributed by atoms with van der Waals surface area (Å²) < 4.78 is 42.7. The molecule has 0 unspecified atom stereocenters. The number of nitrogens with zero attached hydrogens (tertiary/aromatic N) is 2. The first-order chi connectivity index (χ1) is 11.9. The Labute approximate surface area is 146 Å². The lowest BCUT2D eigenvalue weighted by Crippen LogP contribution is -2.24. The lowest BCUT2D eigenvalue weighted by Gasteiger charge is -2.08. The molecule has 130 valence electrons. The van der Waals surface area contributed by atoms with E-state index in [0.717, 1.165) is 28.7 Å². The van der Waals surface area contributed by atoms with Crippen LogP contribution in [0.25, 0.3) is 5.69 Å². The fourth-order valence-electron chi connectivity index (χ4n) is 2.66. The molecule has 0 aliphatic rings. The molecule has 0 amide bonds. The molecule has 1 heterocycles. The summed E-state index contributed by atoms with van der Waals surface area (Å²) in [5, 5.41) is 4.48. The fourth-order valence-corrected chi connectivity index (χ4v) is 3.73. The number of aromatic nitrogens is 2. The van der Waals surface area contributed by atoms with E-state index in [0.29, 0.717) is 0 Å². The van der Waals surface area contributed by atoms with Crippen LogP contribution in [-0.2, 0) is 16.6 Å². The molecule has 7 heteroatoms. The molecule has 2 aromatic carbocycles. The molecule has 0 spiro atoms. The van der Waals surface area contributed by atoms with Crippen LogP contribution in [0.5, 0.6) is 0 Å². The Kier molecular flexibility index (Phi) is 4.69. The smallest absolute Gasteiger partial charge is 0.238 e. The molecule has 0 fully saturated rings. The van der Waals surface area contributed by atoms with Crippen LogP contribution >= 0.6 is 0 Å². The largest absolute Gasteiger partial charge is 0.243 e. The van der Waals surface area contributed by atoms with E-state index in [1.807, 2.05) is 44.2 Å². The van der Waals surface area contributed by atoms with E-state index in [2.05, 4.69) is 9.82 Å². The predicted molar refractivity (Wildman–Crippen MR) is 93.5 cm³/mol. The van der Waals surface area contributed by atoms with Crippen LogP contribution in [-0.4, -0.2) is 18.2 Å². The van der Waals surface area contributed by atoms with Gasteiger partial charge in [-0.05, 0) is 38.1 Å². The van der Waals surface area contributed by atoms with Gasteiger partial charge in [-0.1, -0.05) is 30.3 Å². The van der Waals surface area contributed by atoms with Crippen molar-refractivity contribution in [2.75, 3.05) is 0 Å². The molecule has 5 nitrogen and oxygen atoms in total. The van der Waals surface area contributed by atoms with Gasteiger partial charge in [0, 0.05) is 17.8 Å². The van der Waals surface area contributed by atoms with Crippen LogP contribution in [0.3, 0.4) is 0 Å². The van der Waals surface area contributed by atoms with E-state index in [4.69, 9.17) is 0 Å². The molecule has 0 saturated heterocycles. The number of benzene rings is 2. The molecule has 1 aromatic heterocycles. The number of aryl methyl sites for hydroxylation is 1. The molecule has 0 radical (unpaired) electrons. The Bertz CT molecular complexity index is 998. The summed E-state index contributed by atoms with van der Waals surface area (Å²) >= 11 is 0. The van der Waals surface area contributed by atoms with Crippen LogP contribution in [0.4, 0.5) is 4.39 Å². The van der Waals surface area contributed by atoms with Gasteiger partial charge in [-0.15, -0.1) is 0 Å². The highest BCUT2D eigenvalue weighted by Crippen LogP contribution is 2.19. The summed E-state index contributed by atoms with van der Waals surface area (Å²) in [6, 6.07) is 14.9. The normalized spacial score (nSPS) is 11.6. The van der Waals surface area contributed by atoms with Crippen molar-refractivity contribution in [3.05, 3.63) is 77.4 Å². The summed E-state index contributed by atoms with van der Waals surface area (Å²) in [7, 11) is -3.94. The van der Waals surface area contributed by atoms with E-state index in [9.17, 15) is 12.8 Å². The average Bonchev–Trinajstić information content (AvgIpc) is 2.88. The van der Waals surface area contributed by atoms with Gasteiger partial charge in [-0.2, -0.15) is 5.10 Å². The average molecular weight is 359 g/mol. The highest BCUT2D eigenvalue weighted by Gasteiger charge is 2.20. The van der Waals surface area contributed by atoms with Crippen molar-refractivity contribution < 1.29 is 12.8 Å².